The van der Waals surface area contributed by atoms with Crippen molar-refractivity contribution in [3.05, 3.63) is 24.0 Å². The number of nitrogens with one attached hydrogen (secondary N) is 1. The van der Waals surface area contributed by atoms with Crippen molar-refractivity contribution in [3.8, 4) is 5.75 Å². The number of hydrogen-bond acceptors (Lipinski definition) is 5. The van der Waals surface area contributed by atoms with Gasteiger partial charge >= 0.3 is 0 Å². The fraction of sp³-hybridized carbons (Fsp3) is 0.583. The number of pyridine rings is 1. The summed E-state index contributed by atoms with van der Waals surface area (Å²) in [6.07, 6.45) is 3.52. The second kappa shape index (κ2) is 7.53. The van der Waals surface area contributed by atoms with Crippen molar-refractivity contribution in [1.29, 1.82) is 0 Å². The van der Waals surface area contributed by atoms with Gasteiger partial charge in [0, 0.05) is 11.9 Å². The number of hydrogen-bond donors (Lipinski definition) is 2. The second-order valence-electron chi connectivity index (χ2n) is 4.31. The van der Waals surface area contributed by atoms with E-state index < -0.39 is 0 Å². The maximum absolute atomic E-state index is 5.58. The van der Waals surface area contributed by atoms with Crippen LogP contribution < -0.4 is 16.0 Å². The molecule has 1 atom stereocenters. The molecule has 96 valence electrons. The van der Waals surface area contributed by atoms with Crippen molar-refractivity contribution < 1.29 is 4.74 Å². The average molecular weight is 255 g/mol. The molecule has 17 heavy (non-hydrogen) atoms. The van der Waals surface area contributed by atoms with Crippen LogP contribution in [0.5, 0.6) is 5.75 Å². The fourth-order valence-corrected chi connectivity index (χ4v) is 2.53. The van der Waals surface area contributed by atoms with Crippen LogP contribution in [-0.4, -0.2) is 23.6 Å². The summed E-state index contributed by atoms with van der Waals surface area (Å²) in [5.74, 6) is 9.11. The van der Waals surface area contributed by atoms with Gasteiger partial charge in [-0.3, -0.25) is 16.3 Å². The van der Waals surface area contributed by atoms with Crippen LogP contribution in [0.4, 0.5) is 0 Å². The van der Waals surface area contributed by atoms with Crippen LogP contribution in [0.1, 0.15) is 25.5 Å². The number of thioether (sulfide) groups is 1. The molecule has 0 fully saturated rings. The van der Waals surface area contributed by atoms with Gasteiger partial charge in [-0.2, -0.15) is 11.8 Å². The van der Waals surface area contributed by atoms with E-state index in [9.17, 15) is 0 Å². The highest BCUT2D eigenvalue weighted by atomic mass is 32.2. The van der Waals surface area contributed by atoms with Crippen LogP contribution in [0.2, 0.25) is 0 Å². The molecule has 4 nitrogen and oxygen atoms in total. The smallest absolute Gasteiger partial charge is 0.137 e. The first-order valence-electron chi connectivity index (χ1n) is 5.70. The van der Waals surface area contributed by atoms with Crippen molar-refractivity contribution in [2.75, 3.05) is 18.6 Å². The molecule has 1 unspecified atom stereocenters. The molecule has 0 bridgehead atoms. The lowest BCUT2D eigenvalue weighted by atomic mass is 10.1. The molecule has 3 N–H and O–H groups in total. The van der Waals surface area contributed by atoms with E-state index in [1.807, 2.05) is 24.0 Å². The van der Waals surface area contributed by atoms with Crippen molar-refractivity contribution in [2.45, 2.75) is 19.9 Å². The third kappa shape index (κ3) is 4.93. The highest BCUT2D eigenvalue weighted by Crippen LogP contribution is 2.21. The molecule has 0 spiro atoms. The Kier molecular flexibility index (Phi) is 6.32. The summed E-state index contributed by atoms with van der Waals surface area (Å²) in [5, 5.41) is 0. The van der Waals surface area contributed by atoms with Crippen molar-refractivity contribution in [2.24, 2.45) is 11.8 Å². The zero-order chi connectivity index (χ0) is 12.7. The number of aromatic nitrogens is 1. The largest absolute Gasteiger partial charge is 0.495 e. The number of nitrogens with zero attached hydrogens (tertiary/aromatic N) is 1. The van der Waals surface area contributed by atoms with Crippen LogP contribution >= 0.6 is 11.8 Å². The van der Waals surface area contributed by atoms with Crippen LogP contribution in [-0.2, 0) is 0 Å². The Balaban J connectivity index is 2.59. The van der Waals surface area contributed by atoms with Crippen LogP contribution in [0.3, 0.4) is 0 Å². The Hall–Kier alpha value is -0.780. The molecule has 1 aromatic heterocycles. The summed E-state index contributed by atoms with van der Waals surface area (Å²) < 4.78 is 5.15. The first-order valence-corrected chi connectivity index (χ1v) is 6.85. The normalized spacial score (nSPS) is 12.8. The lowest BCUT2D eigenvalue weighted by Gasteiger charge is -2.16. The standard InChI is InChI=1S/C12H21N3OS/c1-9(2)7-17-8-12(15-13)10-4-11(16-3)6-14-5-10/h4-6,9,12,15H,7-8,13H2,1-3H3. The fourth-order valence-electron chi connectivity index (χ4n) is 1.40. The average Bonchev–Trinajstić information content (AvgIpc) is 2.34. The molecular weight excluding hydrogens is 234 g/mol. The summed E-state index contributed by atoms with van der Waals surface area (Å²) in [4.78, 5) is 4.14. The van der Waals surface area contributed by atoms with E-state index in [-0.39, 0.29) is 6.04 Å². The van der Waals surface area contributed by atoms with Gasteiger partial charge < -0.3 is 4.74 Å². The highest BCUT2D eigenvalue weighted by Gasteiger charge is 2.11. The minimum absolute atomic E-state index is 0.112. The van der Waals surface area contributed by atoms with E-state index in [2.05, 4.69) is 24.3 Å². The zero-order valence-electron chi connectivity index (χ0n) is 10.6. The Morgan fingerprint density at radius 2 is 2.18 bits per heavy atom. The molecule has 0 aromatic carbocycles. The minimum atomic E-state index is 0.112. The summed E-state index contributed by atoms with van der Waals surface area (Å²) in [5.41, 5.74) is 3.89. The van der Waals surface area contributed by atoms with Gasteiger partial charge in [0.05, 0.1) is 19.3 Å². The Morgan fingerprint density at radius 1 is 1.41 bits per heavy atom. The Bertz CT molecular complexity index is 333. The van der Waals surface area contributed by atoms with Crippen LogP contribution in [0, 0.1) is 5.92 Å². The van der Waals surface area contributed by atoms with Gasteiger partial charge in [-0.25, -0.2) is 0 Å². The zero-order valence-corrected chi connectivity index (χ0v) is 11.5. The molecule has 0 aliphatic heterocycles. The number of methoxy groups -OCH3 is 1. The summed E-state index contributed by atoms with van der Waals surface area (Å²) >= 11 is 1.89. The van der Waals surface area contributed by atoms with Crippen LogP contribution in [0.15, 0.2) is 18.5 Å². The Labute approximate surface area is 107 Å². The van der Waals surface area contributed by atoms with Crippen molar-refractivity contribution in [1.82, 2.24) is 10.4 Å². The molecule has 0 amide bonds. The predicted octanol–water partition coefficient (Wildman–Crippen LogP) is 1.98. The maximum atomic E-state index is 5.58. The monoisotopic (exact) mass is 255 g/mol. The molecule has 0 aliphatic rings. The van der Waals surface area contributed by atoms with E-state index in [1.54, 1.807) is 13.3 Å². The SMILES string of the molecule is COc1cncc(C(CSCC(C)C)NN)c1. The van der Waals surface area contributed by atoms with Crippen molar-refractivity contribution >= 4 is 11.8 Å². The van der Waals surface area contributed by atoms with Gasteiger partial charge in [-0.15, -0.1) is 0 Å². The van der Waals surface area contributed by atoms with Crippen LogP contribution in [0.25, 0.3) is 0 Å². The molecule has 1 heterocycles. The topological polar surface area (TPSA) is 60.2 Å². The number of hydrazine groups is 1. The lowest BCUT2D eigenvalue weighted by molar-refractivity contribution is 0.411. The molecule has 1 rings (SSSR count). The molecule has 0 saturated carbocycles. The number of nitrogens with two attached hydrogens (primary N) is 1. The second-order valence-corrected chi connectivity index (χ2v) is 5.38. The summed E-state index contributed by atoms with van der Waals surface area (Å²) in [7, 11) is 1.64. The van der Waals surface area contributed by atoms with Crippen molar-refractivity contribution in [3.63, 3.8) is 0 Å². The van der Waals surface area contributed by atoms with Gasteiger partial charge in [0.25, 0.3) is 0 Å². The number of ether oxygens (including phenoxy) is 1. The molecule has 1 aromatic rings. The van der Waals surface area contributed by atoms with E-state index in [0.717, 1.165) is 22.8 Å². The molecule has 5 heteroatoms. The first-order chi connectivity index (χ1) is 8.17. The van der Waals surface area contributed by atoms with Gasteiger partial charge in [-0.05, 0) is 23.3 Å². The van der Waals surface area contributed by atoms with Gasteiger partial charge in [-0.1, -0.05) is 13.8 Å². The van der Waals surface area contributed by atoms with Gasteiger partial charge in [0.15, 0.2) is 0 Å². The quantitative estimate of drug-likeness (QED) is 0.576. The molecule has 0 saturated heterocycles. The molecule has 0 radical (unpaired) electrons. The predicted molar refractivity (Wildman–Crippen MR) is 73.0 cm³/mol. The lowest BCUT2D eigenvalue weighted by Crippen LogP contribution is -2.30. The Morgan fingerprint density at radius 3 is 2.76 bits per heavy atom. The summed E-state index contributed by atoms with van der Waals surface area (Å²) in [6.45, 7) is 4.43. The highest BCUT2D eigenvalue weighted by molar-refractivity contribution is 7.99. The first kappa shape index (κ1) is 14.3. The van der Waals surface area contributed by atoms with E-state index in [0.29, 0.717) is 5.92 Å². The van der Waals surface area contributed by atoms with Gasteiger partial charge in [0.2, 0.25) is 0 Å². The molecule has 0 aliphatic carbocycles. The van der Waals surface area contributed by atoms with Gasteiger partial charge in [0.1, 0.15) is 5.75 Å². The minimum Gasteiger partial charge on any atom is -0.495 e. The van der Waals surface area contributed by atoms with E-state index >= 15 is 0 Å². The van der Waals surface area contributed by atoms with E-state index in [4.69, 9.17) is 10.6 Å². The third-order valence-corrected chi connectivity index (χ3v) is 3.78. The van der Waals surface area contributed by atoms with E-state index in [1.165, 1.54) is 0 Å². The number of rotatable bonds is 7. The third-order valence-electron chi connectivity index (χ3n) is 2.31. The summed E-state index contributed by atoms with van der Waals surface area (Å²) in [6, 6.07) is 2.08. The maximum Gasteiger partial charge on any atom is 0.137 e. The molecular formula is C12H21N3OS.